The first-order valence-electron chi connectivity index (χ1n) is 8.50. The molecule has 1 amide bonds. The summed E-state index contributed by atoms with van der Waals surface area (Å²) in [5.41, 5.74) is 1.38. The lowest BCUT2D eigenvalue weighted by Gasteiger charge is -2.33. The maximum Gasteiger partial charge on any atom is 0.251 e. The molecule has 0 fully saturated rings. The molecular formula is C20H28N2O2S. The Balaban J connectivity index is 2.01. The molecule has 2 rings (SSSR count). The number of ether oxygens (including phenoxy) is 1. The van der Waals surface area contributed by atoms with Crippen molar-refractivity contribution in [1.82, 2.24) is 10.3 Å². The molecule has 2 aromatic rings. The highest BCUT2D eigenvalue weighted by molar-refractivity contribution is 7.09. The number of amides is 1. The molecule has 0 unspecified atom stereocenters. The van der Waals surface area contributed by atoms with E-state index in [1.807, 2.05) is 30.5 Å². The summed E-state index contributed by atoms with van der Waals surface area (Å²) in [6.45, 7) is 13.0. The molecular weight excluding hydrogens is 332 g/mol. The molecule has 0 aliphatic carbocycles. The number of rotatable bonds is 6. The maximum absolute atomic E-state index is 12.6. The first-order chi connectivity index (χ1) is 11.5. The highest BCUT2D eigenvalue weighted by atomic mass is 32.1. The van der Waals surface area contributed by atoms with Crippen molar-refractivity contribution in [2.24, 2.45) is 5.41 Å². The van der Waals surface area contributed by atoms with Crippen LogP contribution in [0.25, 0.3) is 0 Å². The van der Waals surface area contributed by atoms with Crippen molar-refractivity contribution >= 4 is 17.2 Å². The Labute approximate surface area is 154 Å². The molecule has 0 spiro atoms. The van der Waals surface area contributed by atoms with Crippen molar-refractivity contribution in [2.45, 2.75) is 60.1 Å². The van der Waals surface area contributed by atoms with Crippen molar-refractivity contribution < 1.29 is 9.53 Å². The molecule has 0 saturated heterocycles. The Bertz CT molecular complexity index is 729. The number of aryl methyl sites for hydroxylation is 1. The number of hydrogen-bond acceptors (Lipinski definition) is 4. The van der Waals surface area contributed by atoms with Crippen LogP contribution in [-0.2, 0) is 6.61 Å². The largest absolute Gasteiger partial charge is 0.487 e. The minimum Gasteiger partial charge on any atom is -0.487 e. The predicted molar refractivity (Wildman–Crippen MR) is 103 cm³/mol. The Morgan fingerprint density at radius 3 is 2.56 bits per heavy atom. The maximum atomic E-state index is 12.6. The Morgan fingerprint density at radius 2 is 1.96 bits per heavy atom. The van der Waals surface area contributed by atoms with Gasteiger partial charge in [0.05, 0.1) is 10.7 Å². The molecule has 0 aliphatic heterocycles. The lowest BCUT2D eigenvalue weighted by molar-refractivity contribution is 0.0891. The van der Waals surface area contributed by atoms with E-state index in [1.54, 1.807) is 17.4 Å². The van der Waals surface area contributed by atoms with E-state index in [0.717, 1.165) is 17.1 Å². The SMILES string of the molecule is Cc1nc(COc2cccc(C(=O)NC(C)(C)CC(C)(C)C)c2)cs1. The van der Waals surface area contributed by atoms with E-state index in [9.17, 15) is 4.79 Å². The van der Waals surface area contributed by atoms with Crippen LogP contribution in [0.3, 0.4) is 0 Å². The van der Waals surface area contributed by atoms with Crippen LogP contribution < -0.4 is 10.1 Å². The zero-order chi connectivity index (χ0) is 18.7. The van der Waals surface area contributed by atoms with Crippen LogP contribution in [0.2, 0.25) is 0 Å². The molecule has 0 atom stereocenters. The Hall–Kier alpha value is -1.88. The smallest absolute Gasteiger partial charge is 0.251 e. The average molecular weight is 361 g/mol. The number of hydrogen-bond donors (Lipinski definition) is 1. The molecule has 25 heavy (non-hydrogen) atoms. The third kappa shape index (κ3) is 6.50. The fourth-order valence-electron chi connectivity index (χ4n) is 3.11. The summed E-state index contributed by atoms with van der Waals surface area (Å²) >= 11 is 1.60. The first-order valence-corrected chi connectivity index (χ1v) is 9.38. The number of benzene rings is 1. The predicted octanol–water partition coefficient (Wildman–Crippen LogP) is 4.98. The van der Waals surface area contributed by atoms with Crippen molar-refractivity contribution in [3.63, 3.8) is 0 Å². The van der Waals surface area contributed by atoms with Gasteiger partial charge in [-0.2, -0.15) is 0 Å². The van der Waals surface area contributed by atoms with E-state index in [4.69, 9.17) is 4.74 Å². The first kappa shape index (κ1) is 19.4. The van der Waals surface area contributed by atoms with Crippen LogP contribution in [0.15, 0.2) is 29.6 Å². The normalized spacial score (nSPS) is 12.1. The summed E-state index contributed by atoms with van der Waals surface area (Å²) < 4.78 is 5.77. The van der Waals surface area contributed by atoms with Gasteiger partial charge in [-0.15, -0.1) is 11.3 Å². The van der Waals surface area contributed by atoms with Gasteiger partial charge in [-0.25, -0.2) is 4.98 Å². The van der Waals surface area contributed by atoms with Crippen molar-refractivity contribution in [3.8, 4) is 5.75 Å². The third-order valence-corrected chi connectivity index (χ3v) is 4.40. The van der Waals surface area contributed by atoms with E-state index in [1.165, 1.54) is 0 Å². The fourth-order valence-corrected chi connectivity index (χ4v) is 3.71. The quantitative estimate of drug-likeness (QED) is 0.791. The molecule has 1 N–H and O–H groups in total. The lowest BCUT2D eigenvalue weighted by atomic mass is 9.81. The van der Waals surface area contributed by atoms with Crippen LogP contribution in [0.5, 0.6) is 5.75 Å². The Morgan fingerprint density at radius 1 is 1.24 bits per heavy atom. The number of thiazole rings is 1. The fraction of sp³-hybridized carbons (Fsp3) is 0.500. The molecule has 1 aromatic heterocycles. The zero-order valence-electron chi connectivity index (χ0n) is 16.0. The number of carbonyl (C=O) groups excluding carboxylic acids is 1. The van der Waals surface area contributed by atoms with Gasteiger partial charge in [0.15, 0.2) is 0 Å². The zero-order valence-corrected chi connectivity index (χ0v) is 16.8. The topological polar surface area (TPSA) is 51.2 Å². The molecule has 1 heterocycles. The number of aromatic nitrogens is 1. The Kier molecular flexibility index (Phi) is 5.88. The minimum atomic E-state index is -0.273. The molecule has 0 saturated carbocycles. The van der Waals surface area contributed by atoms with Crippen LogP contribution in [-0.4, -0.2) is 16.4 Å². The second-order valence-electron chi connectivity index (χ2n) is 8.25. The van der Waals surface area contributed by atoms with Gasteiger partial charge >= 0.3 is 0 Å². The summed E-state index contributed by atoms with van der Waals surface area (Å²) in [7, 11) is 0. The van der Waals surface area contributed by atoms with Gasteiger partial charge < -0.3 is 10.1 Å². The molecule has 0 radical (unpaired) electrons. The summed E-state index contributed by atoms with van der Waals surface area (Å²) in [5.74, 6) is 0.594. The second kappa shape index (κ2) is 7.56. The van der Waals surface area contributed by atoms with E-state index in [2.05, 4.69) is 44.9 Å². The van der Waals surface area contributed by atoms with Gasteiger partial charge in [0.25, 0.3) is 5.91 Å². The van der Waals surface area contributed by atoms with Crippen molar-refractivity contribution in [3.05, 3.63) is 45.9 Å². The number of nitrogens with one attached hydrogen (secondary N) is 1. The molecule has 136 valence electrons. The van der Waals surface area contributed by atoms with Gasteiger partial charge in [-0.3, -0.25) is 4.79 Å². The van der Waals surface area contributed by atoms with Gasteiger partial charge in [-0.1, -0.05) is 26.8 Å². The van der Waals surface area contributed by atoms with Crippen LogP contribution in [0, 0.1) is 12.3 Å². The van der Waals surface area contributed by atoms with Gasteiger partial charge in [0.1, 0.15) is 12.4 Å². The molecule has 0 aliphatic rings. The standard InChI is InChI=1S/C20H28N2O2S/c1-14-21-16(12-25-14)11-24-17-9-7-8-15(10-17)18(23)22-20(5,6)13-19(2,3)4/h7-10,12H,11,13H2,1-6H3,(H,22,23). The number of carbonyl (C=O) groups is 1. The summed E-state index contributed by atoms with van der Waals surface area (Å²) in [6, 6.07) is 7.29. The molecule has 4 nitrogen and oxygen atoms in total. The van der Waals surface area contributed by atoms with E-state index < -0.39 is 0 Å². The minimum absolute atomic E-state index is 0.0794. The van der Waals surface area contributed by atoms with Gasteiger partial charge in [0, 0.05) is 16.5 Å². The monoisotopic (exact) mass is 360 g/mol. The van der Waals surface area contributed by atoms with Crippen molar-refractivity contribution in [2.75, 3.05) is 0 Å². The van der Waals surface area contributed by atoms with Gasteiger partial charge in [0.2, 0.25) is 0 Å². The van der Waals surface area contributed by atoms with Crippen molar-refractivity contribution in [1.29, 1.82) is 0 Å². The highest BCUT2D eigenvalue weighted by Crippen LogP contribution is 2.27. The van der Waals surface area contributed by atoms with Crippen LogP contribution in [0.1, 0.15) is 62.1 Å². The van der Waals surface area contributed by atoms with E-state index in [-0.39, 0.29) is 16.9 Å². The van der Waals surface area contributed by atoms with Crippen LogP contribution in [0.4, 0.5) is 0 Å². The lowest BCUT2D eigenvalue weighted by Crippen LogP contribution is -2.45. The summed E-state index contributed by atoms with van der Waals surface area (Å²) in [4.78, 5) is 17.0. The van der Waals surface area contributed by atoms with E-state index in [0.29, 0.717) is 17.9 Å². The molecule has 1 aromatic carbocycles. The van der Waals surface area contributed by atoms with Gasteiger partial charge in [-0.05, 0) is 50.8 Å². The number of nitrogens with zero attached hydrogens (tertiary/aromatic N) is 1. The van der Waals surface area contributed by atoms with Crippen LogP contribution >= 0.6 is 11.3 Å². The summed E-state index contributed by atoms with van der Waals surface area (Å²) in [6.07, 6.45) is 0.894. The molecule has 5 heteroatoms. The second-order valence-corrected chi connectivity index (χ2v) is 9.31. The highest BCUT2D eigenvalue weighted by Gasteiger charge is 2.27. The van der Waals surface area contributed by atoms with E-state index >= 15 is 0 Å². The summed E-state index contributed by atoms with van der Waals surface area (Å²) in [5, 5.41) is 6.14. The average Bonchev–Trinajstić information content (AvgIpc) is 2.88. The third-order valence-electron chi connectivity index (χ3n) is 3.57. The molecule has 0 bridgehead atoms.